The van der Waals surface area contributed by atoms with E-state index < -0.39 is 0 Å². The van der Waals surface area contributed by atoms with Crippen LogP contribution in [-0.4, -0.2) is 56.5 Å². The highest BCUT2D eigenvalue weighted by molar-refractivity contribution is 5.99. The topological polar surface area (TPSA) is 70.7 Å². The summed E-state index contributed by atoms with van der Waals surface area (Å²) in [4.78, 5) is 26.0. The lowest BCUT2D eigenvalue weighted by Gasteiger charge is -2.27. The SMILES string of the molecule is COc1ccc(C)cc1C(=O)NCC(=O)N1CCNCC1. The van der Waals surface area contributed by atoms with E-state index in [1.54, 1.807) is 17.0 Å². The zero-order valence-electron chi connectivity index (χ0n) is 12.4. The molecule has 6 nitrogen and oxygen atoms in total. The normalized spacial score (nSPS) is 14.7. The molecule has 1 fully saturated rings. The number of benzene rings is 1. The summed E-state index contributed by atoms with van der Waals surface area (Å²) in [5.74, 6) is 0.156. The van der Waals surface area contributed by atoms with Crippen LogP contribution in [0.25, 0.3) is 0 Å². The van der Waals surface area contributed by atoms with Crippen LogP contribution in [0.5, 0.6) is 5.75 Å². The lowest BCUT2D eigenvalue weighted by Crippen LogP contribution is -2.49. The molecular weight excluding hydrogens is 270 g/mol. The first kappa shape index (κ1) is 15.3. The fourth-order valence-corrected chi connectivity index (χ4v) is 2.28. The molecule has 1 aromatic rings. The molecule has 1 aliphatic rings. The Balaban J connectivity index is 1.95. The monoisotopic (exact) mass is 291 g/mol. The molecule has 0 bridgehead atoms. The Morgan fingerprint density at radius 1 is 1.33 bits per heavy atom. The lowest BCUT2D eigenvalue weighted by atomic mass is 10.1. The van der Waals surface area contributed by atoms with Crippen molar-refractivity contribution in [2.45, 2.75) is 6.92 Å². The maximum absolute atomic E-state index is 12.2. The minimum atomic E-state index is -0.293. The molecule has 0 spiro atoms. The highest BCUT2D eigenvalue weighted by Gasteiger charge is 2.18. The molecule has 2 N–H and O–H groups in total. The van der Waals surface area contributed by atoms with Crippen LogP contribution in [0.15, 0.2) is 18.2 Å². The third-order valence-corrected chi connectivity index (χ3v) is 3.47. The van der Waals surface area contributed by atoms with E-state index in [-0.39, 0.29) is 18.4 Å². The van der Waals surface area contributed by atoms with Crippen LogP contribution in [0, 0.1) is 6.92 Å². The zero-order valence-corrected chi connectivity index (χ0v) is 12.4. The standard InChI is InChI=1S/C15H21N3O3/c1-11-3-4-13(21-2)12(9-11)15(20)17-10-14(19)18-7-5-16-6-8-18/h3-4,9,16H,5-8,10H2,1-2H3,(H,17,20). The van der Waals surface area contributed by atoms with Gasteiger partial charge in [0.15, 0.2) is 0 Å². The fourth-order valence-electron chi connectivity index (χ4n) is 2.28. The molecular formula is C15H21N3O3. The van der Waals surface area contributed by atoms with E-state index >= 15 is 0 Å². The van der Waals surface area contributed by atoms with Crippen molar-refractivity contribution in [3.63, 3.8) is 0 Å². The van der Waals surface area contributed by atoms with Crippen molar-refractivity contribution >= 4 is 11.8 Å². The first-order valence-electron chi connectivity index (χ1n) is 7.03. The number of nitrogens with one attached hydrogen (secondary N) is 2. The molecule has 0 saturated carbocycles. The average Bonchev–Trinajstić information content (AvgIpc) is 2.53. The predicted molar refractivity (Wildman–Crippen MR) is 79.5 cm³/mol. The Bertz CT molecular complexity index is 525. The van der Waals surface area contributed by atoms with Gasteiger partial charge in [0.25, 0.3) is 5.91 Å². The average molecular weight is 291 g/mol. The molecule has 6 heteroatoms. The molecule has 0 unspecified atom stereocenters. The molecule has 21 heavy (non-hydrogen) atoms. The molecule has 1 heterocycles. The smallest absolute Gasteiger partial charge is 0.255 e. The summed E-state index contributed by atoms with van der Waals surface area (Å²) in [6.45, 7) is 4.87. The van der Waals surface area contributed by atoms with Crippen LogP contribution < -0.4 is 15.4 Å². The second kappa shape index (κ2) is 7.08. The molecule has 1 aliphatic heterocycles. The van der Waals surface area contributed by atoms with Crippen molar-refractivity contribution in [3.05, 3.63) is 29.3 Å². The maximum Gasteiger partial charge on any atom is 0.255 e. The number of methoxy groups -OCH3 is 1. The quantitative estimate of drug-likeness (QED) is 0.829. The van der Waals surface area contributed by atoms with E-state index in [0.717, 1.165) is 18.7 Å². The number of carbonyl (C=O) groups excluding carboxylic acids is 2. The van der Waals surface area contributed by atoms with E-state index in [0.29, 0.717) is 24.4 Å². The number of ether oxygens (including phenoxy) is 1. The van der Waals surface area contributed by atoms with Gasteiger partial charge in [-0.05, 0) is 19.1 Å². The number of hydrogen-bond acceptors (Lipinski definition) is 4. The number of aryl methyl sites for hydroxylation is 1. The highest BCUT2D eigenvalue weighted by Crippen LogP contribution is 2.19. The van der Waals surface area contributed by atoms with Crippen molar-refractivity contribution in [2.75, 3.05) is 39.8 Å². The van der Waals surface area contributed by atoms with Gasteiger partial charge in [-0.2, -0.15) is 0 Å². The molecule has 0 aromatic heterocycles. The first-order valence-corrected chi connectivity index (χ1v) is 7.03. The Labute approximate surface area is 124 Å². The minimum absolute atomic E-state index is 0.00985. The molecule has 114 valence electrons. The molecule has 0 atom stereocenters. The number of hydrogen-bond donors (Lipinski definition) is 2. The van der Waals surface area contributed by atoms with Gasteiger partial charge in [0.2, 0.25) is 5.91 Å². The van der Waals surface area contributed by atoms with Gasteiger partial charge in [-0.25, -0.2) is 0 Å². The van der Waals surface area contributed by atoms with Crippen LogP contribution >= 0.6 is 0 Å². The van der Waals surface area contributed by atoms with E-state index in [2.05, 4.69) is 10.6 Å². The Morgan fingerprint density at radius 2 is 2.05 bits per heavy atom. The minimum Gasteiger partial charge on any atom is -0.496 e. The summed E-state index contributed by atoms with van der Waals surface area (Å²) in [6, 6.07) is 5.38. The number of carbonyl (C=O) groups is 2. The van der Waals surface area contributed by atoms with Gasteiger partial charge in [-0.1, -0.05) is 11.6 Å². The summed E-state index contributed by atoms with van der Waals surface area (Å²) >= 11 is 0. The van der Waals surface area contributed by atoms with E-state index in [1.807, 2.05) is 13.0 Å². The van der Waals surface area contributed by atoms with Gasteiger partial charge in [0.05, 0.1) is 19.2 Å². The van der Waals surface area contributed by atoms with Crippen molar-refractivity contribution in [1.29, 1.82) is 0 Å². The third kappa shape index (κ3) is 3.95. The van der Waals surface area contributed by atoms with E-state index in [1.165, 1.54) is 7.11 Å². The Morgan fingerprint density at radius 3 is 2.71 bits per heavy atom. The second-order valence-electron chi connectivity index (χ2n) is 5.02. The van der Waals surface area contributed by atoms with Crippen LogP contribution in [0.4, 0.5) is 0 Å². The summed E-state index contributed by atoms with van der Waals surface area (Å²) in [5.41, 5.74) is 1.42. The van der Waals surface area contributed by atoms with Gasteiger partial charge < -0.3 is 20.3 Å². The molecule has 1 saturated heterocycles. The second-order valence-corrected chi connectivity index (χ2v) is 5.02. The molecule has 0 aliphatic carbocycles. The van der Waals surface area contributed by atoms with Crippen molar-refractivity contribution in [2.24, 2.45) is 0 Å². The molecule has 2 rings (SSSR count). The first-order chi connectivity index (χ1) is 10.1. The summed E-state index contributed by atoms with van der Waals surface area (Å²) in [7, 11) is 1.52. The third-order valence-electron chi connectivity index (χ3n) is 3.47. The summed E-state index contributed by atoms with van der Waals surface area (Å²) < 4.78 is 5.18. The van der Waals surface area contributed by atoms with Gasteiger partial charge >= 0.3 is 0 Å². The number of piperazine rings is 1. The van der Waals surface area contributed by atoms with E-state index in [9.17, 15) is 9.59 Å². The van der Waals surface area contributed by atoms with Crippen LogP contribution in [0.2, 0.25) is 0 Å². The number of rotatable bonds is 4. The van der Waals surface area contributed by atoms with Gasteiger partial charge in [0, 0.05) is 26.2 Å². The Kier molecular flexibility index (Phi) is 5.16. The van der Waals surface area contributed by atoms with Crippen molar-refractivity contribution < 1.29 is 14.3 Å². The summed E-state index contributed by atoms with van der Waals surface area (Å²) in [6.07, 6.45) is 0. The number of nitrogens with zero attached hydrogens (tertiary/aromatic N) is 1. The van der Waals surface area contributed by atoms with Gasteiger partial charge in [-0.3, -0.25) is 9.59 Å². The van der Waals surface area contributed by atoms with Crippen molar-refractivity contribution in [3.8, 4) is 5.75 Å². The van der Waals surface area contributed by atoms with Crippen molar-refractivity contribution in [1.82, 2.24) is 15.5 Å². The highest BCUT2D eigenvalue weighted by atomic mass is 16.5. The summed E-state index contributed by atoms with van der Waals surface area (Å²) in [5, 5.41) is 5.85. The molecule has 1 aromatic carbocycles. The van der Waals surface area contributed by atoms with Crippen LogP contribution in [0.1, 0.15) is 15.9 Å². The fraction of sp³-hybridized carbons (Fsp3) is 0.467. The molecule has 2 amide bonds. The van der Waals surface area contributed by atoms with Crippen LogP contribution in [-0.2, 0) is 4.79 Å². The number of amides is 2. The molecule has 0 radical (unpaired) electrons. The lowest BCUT2D eigenvalue weighted by molar-refractivity contribution is -0.130. The van der Waals surface area contributed by atoms with Gasteiger partial charge in [-0.15, -0.1) is 0 Å². The maximum atomic E-state index is 12.2. The van der Waals surface area contributed by atoms with Gasteiger partial charge in [0.1, 0.15) is 5.75 Å². The van der Waals surface area contributed by atoms with E-state index in [4.69, 9.17) is 4.74 Å². The predicted octanol–water partition coefficient (Wildman–Crippen LogP) is 0.165. The van der Waals surface area contributed by atoms with Crippen LogP contribution in [0.3, 0.4) is 0 Å². The largest absolute Gasteiger partial charge is 0.496 e. The zero-order chi connectivity index (χ0) is 15.2. The Hall–Kier alpha value is -2.08.